The summed E-state index contributed by atoms with van der Waals surface area (Å²) in [5.74, 6) is 0.572. The molecule has 2 atom stereocenters. The number of nitrogens with one attached hydrogen (secondary N) is 1. The van der Waals surface area contributed by atoms with E-state index in [-0.39, 0.29) is 17.4 Å². The van der Waals surface area contributed by atoms with Crippen LogP contribution in [0.5, 0.6) is 0 Å². The fourth-order valence-corrected chi connectivity index (χ4v) is 1.92. The van der Waals surface area contributed by atoms with Crippen LogP contribution in [0.4, 0.5) is 11.5 Å². The smallest absolute Gasteiger partial charge is 0.224 e. The van der Waals surface area contributed by atoms with E-state index in [0.29, 0.717) is 11.5 Å². The van der Waals surface area contributed by atoms with Crippen LogP contribution in [0.3, 0.4) is 0 Å². The molecule has 0 aromatic carbocycles. The molecular weight excluding hydrogens is 228 g/mol. The number of anilines is 2. The van der Waals surface area contributed by atoms with Crippen molar-refractivity contribution in [1.82, 2.24) is 9.97 Å². The maximum absolute atomic E-state index is 5.75. The summed E-state index contributed by atoms with van der Waals surface area (Å²) in [6.07, 6.45) is 3.89. The Labute approximate surface area is 99.4 Å². The monoisotopic (exact) mass is 242 g/mol. The molecule has 0 spiro atoms. The van der Waals surface area contributed by atoms with Crippen molar-refractivity contribution in [1.29, 1.82) is 0 Å². The van der Waals surface area contributed by atoms with Crippen LogP contribution in [-0.2, 0) is 4.74 Å². The molecule has 0 saturated carbocycles. The van der Waals surface area contributed by atoms with E-state index in [0.717, 1.165) is 19.4 Å². The van der Waals surface area contributed by atoms with Crippen molar-refractivity contribution in [3.8, 4) is 0 Å². The molecule has 1 aromatic heterocycles. The van der Waals surface area contributed by atoms with E-state index in [2.05, 4.69) is 15.3 Å². The number of hydrogen-bond donors (Lipinski definition) is 2. The molecule has 0 amide bonds. The highest BCUT2D eigenvalue weighted by Gasteiger charge is 2.23. The number of nitrogens with two attached hydrogens (primary N) is 1. The summed E-state index contributed by atoms with van der Waals surface area (Å²) in [4.78, 5) is 7.85. The normalized spacial score (nSPS) is 22.0. The quantitative estimate of drug-likeness (QED) is 0.790. The van der Waals surface area contributed by atoms with Gasteiger partial charge in [-0.3, -0.25) is 0 Å². The van der Waals surface area contributed by atoms with Crippen molar-refractivity contribution in [2.24, 2.45) is 0 Å². The van der Waals surface area contributed by atoms with Crippen LogP contribution in [0.1, 0.15) is 19.8 Å². The van der Waals surface area contributed by atoms with Crippen LogP contribution in [0.25, 0.3) is 0 Å². The zero-order chi connectivity index (χ0) is 11.5. The molecule has 1 aromatic rings. The number of hydrogen-bond acceptors (Lipinski definition) is 5. The molecular formula is C10H15ClN4O. The number of halogens is 1. The number of rotatable bonds is 3. The lowest BCUT2D eigenvalue weighted by Crippen LogP contribution is -2.30. The first kappa shape index (κ1) is 11.4. The third-order valence-electron chi connectivity index (χ3n) is 2.67. The van der Waals surface area contributed by atoms with Gasteiger partial charge in [0.1, 0.15) is 0 Å². The molecule has 0 bridgehead atoms. The summed E-state index contributed by atoms with van der Waals surface area (Å²) in [5.41, 5.74) is 6.24. The first-order valence-electron chi connectivity index (χ1n) is 5.33. The molecule has 2 unspecified atom stereocenters. The average Bonchev–Trinajstić information content (AvgIpc) is 2.76. The Morgan fingerprint density at radius 2 is 2.50 bits per heavy atom. The highest BCUT2D eigenvalue weighted by atomic mass is 35.5. The summed E-state index contributed by atoms with van der Waals surface area (Å²) in [6, 6.07) is 0.163. The molecule has 2 rings (SSSR count). The van der Waals surface area contributed by atoms with Crippen LogP contribution < -0.4 is 11.1 Å². The fourth-order valence-electron chi connectivity index (χ4n) is 1.79. The molecule has 0 radical (unpaired) electrons. The third-order valence-corrected chi connectivity index (χ3v) is 2.86. The number of nitrogen functional groups attached to an aromatic ring is 1. The van der Waals surface area contributed by atoms with E-state index >= 15 is 0 Å². The first-order chi connectivity index (χ1) is 7.66. The SMILES string of the molecule is CC(Nc1nc(Cl)ncc1N)C1CCCO1. The van der Waals surface area contributed by atoms with E-state index in [1.165, 1.54) is 6.20 Å². The maximum Gasteiger partial charge on any atom is 0.224 e. The second-order valence-corrected chi connectivity index (χ2v) is 4.27. The Morgan fingerprint density at radius 3 is 3.19 bits per heavy atom. The number of ether oxygens (including phenoxy) is 1. The molecule has 0 aliphatic carbocycles. The zero-order valence-electron chi connectivity index (χ0n) is 9.11. The van der Waals surface area contributed by atoms with Crippen LogP contribution in [0.2, 0.25) is 5.28 Å². The minimum atomic E-state index is 0.163. The van der Waals surface area contributed by atoms with Gasteiger partial charge in [0, 0.05) is 6.61 Å². The Hall–Kier alpha value is -1.07. The van der Waals surface area contributed by atoms with Crippen LogP contribution >= 0.6 is 11.6 Å². The van der Waals surface area contributed by atoms with Crippen molar-refractivity contribution < 1.29 is 4.74 Å². The zero-order valence-corrected chi connectivity index (χ0v) is 9.87. The van der Waals surface area contributed by atoms with E-state index in [9.17, 15) is 0 Å². The van der Waals surface area contributed by atoms with Crippen molar-refractivity contribution in [2.45, 2.75) is 31.9 Å². The molecule has 1 aliphatic heterocycles. The van der Waals surface area contributed by atoms with Crippen LogP contribution in [-0.4, -0.2) is 28.7 Å². The van der Waals surface area contributed by atoms with Crippen molar-refractivity contribution >= 4 is 23.1 Å². The van der Waals surface area contributed by atoms with E-state index < -0.39 is 0 Å². The van der Waals surface area contributed by atoms with Gasteiger partial charge < -0.3 is 15.8 Å². The Bertz CT molecular complexity index is 368. The van der Waals surface area contributed by atoms with Crippen LogP contribution in [0, 0.1) is 0 Å². The lowest BCUT2D eigenvalue weighted by atomic mass is 10.1. The number of nitrogens with zero attached hydrogens (tertiary/aromatic N) is 2. The van der Waals surface area contributed by atoms with Gasteiger partial charge in [0.2, 0.25) is 5.28 Å². The van der Waals surface area contributed by atoms with Gasteiger partial charge in [0.15, 0.2) is 5.82 Å². The predicted molar refractivity (Wildman–Crippen MR) is 63.5 cm³/mol. The third kappa shape index (κ3) is 2.54. The fraction of sp³-hybridized carbons (Fsp3) is 0.600. The van der Waals surface area contributed by atoms with E-state index in [4.69, 9.17) is 22.1 Å². The Morgan fingerprint density at radius 1 is 1.69 bits per heavy atom. The van der Waals surface area contributed by atoms with Gasteiger partial charge in [-0.1, -0.05) is 0 Å². The van der Waals surface area contributed by atoms with Gasteiger partial charge in [-0.2, -0.15) is 4.98 Å². The molecule has 1 fully saturated rings. The standard InChI is InChI=1S/C10H15ClN4O/c1-6(8-3-2-4-16-8)14-9-7(12)5-13-10(11)15-9/h5-6,8H,2-4,12H2,1H3,(H,13,14,15). The first-order valence-corrected chi connectivity index (χ1v) is 5.71. The van der Waals surface area contributed by atoms with Gasteiger partial charge >= 0.3 is 0 Å². The van der Waals surface area contributed by atoms with E-state index in [1.807, 2.05) is 6.92 Å². The molecule has 1 saturated heterocycles. The summed E-state index contributed by atoms with van der Waals surface area (Å²) in [7, 11) is 0. The Balaban J connectivity index is 2.04. The molecule has 5 nitrogen and oxygen atoms in total. The van der Waals surface area contributed by atoms with Gasteiger partial charge in [-0.15, -0.1) is 0 Å². The number of aromatic nitrogens is 2. The van der Waals surface area contributed by atoms with Crippen molar-refractivity contribution in [3.63, 3.8) is 0 Å². The molecule has 6 heteroatoms. The minimum absolute atomic E-state index is 0.163. The van der Waals surface area contributed by atoms with Gasteiger partial charge in [-0.25, -0.2) is 4.98 Å². The highest BCUT2D eigenvalue weighted by Crippen LogP contribution is 2.21. The van der Waals surface area contributed by atoms with Gasteiger partial charge in [0.25, 0.3) is 0 Å². The highest BCUT2D eigenvalue weighted by molar-refractivity contribution is 6.28. The molecule has 2 heterocycles. The predicted octanol–water partition coefficient (Wildman–Crippen LogP) is 1.69. The molecule has 88 valence electrons. The second-order valence-electron chi connectivity index (χ2n) is 3.93. The second kappa shape index (κ2) is 4.84. The van der Waals surface area contributed by atoms with Gasteiger partial charge in [0.05, 0.1) is 24.0 Å². The van der Waals surface area contributed by atoms with Crippen molar-refractivity contribution in [3.05, 3.63) is 11.5 Å². The van der Waals surface area contributed by atoms with Gasteiger partial charge in [-0.05, 0) is 31.4 Å². The minimum Gasteiger partial charge on any atom is -0.394 e. The topological polar surface area (TPSA) is 73.1 Å². The lowest BCUT2D eigenvalue weighted by Gasteiger charge is -2.21. The summed E-state index contributed by atoms with van der Waals surface area (Å²) in [6.45, 7) is 2.88. The average molecular weight is 243 g/mol. The molecule has 3 N–H and O–H groups in total. The lowest BCUT2D eigenvalue weighted by molar-refractivity contribution is 0.0996. The summed E-state index contributed by atoms with van der Waals surface area (Å²) in [5, 5.41) is 3.40. The van der Waals surface area contributed by atoms with Crippen molar-refractivity contribution in [2.75, 3.05) is 17.7 Å². The molecule has 16 heavy (non-hydrogen) atoms. The molecule has 1 aliphatic rings. The summed E-state index contributed by atoms with van der Waals surface area (Å²) < 4.78 is 5.58. The largest absolute Gasteiger partial charge is 0.394 e. The van der Waals surface area contributed by atoms with E-state index in [1.54, 1.807) is 0 Å². The summed E-state index contributed by atoms with van der Waals surface area (Å²) >= 11 is 5.71. The Kier molecular flexibility index (Phi) is 3.46. The maximum atomic E-state index is 5.75. The van der Waals surface area contributed by atoms with Crippen LogP contribution in [0.15, 0.2) is 6.20 Å².